The molecule has 1 fully saturated rings. The molecule has 4 nitrogen and oxygen atoms in total. The molecule has 1 rings (SSSR count). The van der Waals surface area contributed by atoms with Crippen LogP contribution in [-0.2, 0) is 9.59 Å². The van der Waals surface area contributed by atoms with Crippen molar-refractivity contribution in [1.29, 1.82) is 0 Å². The Balaban J connectivity index is 2.42. The monoisotopic (exact) mass is 155 g/mol. The summed E-state index contributed by atoms with van der Waals surface area (Å²) in [6, 6.07) is 0. The summed E-state index contributed by atoms with van der Waals surface area (Å²) in [5, 5.41) is 0. The molecule has 1 heterocycles. The molecule has 2 N–H and O–H groups in total. The number of nitrogens with zero attached hydrogens (tertiary/aromatic N) is 1. The highest BCUT2D eigenvalue weighted by atomic mass is 16.2. The Morgan fingerprint density at radius 3 is 3.00 bits per heavy atom. The topological polar surface area (TPSA) is 63.4 Å². The van der Waals surface area contributed by atoms with Crippen LogP contribution in [0, 0.1) is 6.42 Å². The molecule has 61 valence electrons. The fraction of sp³-hybridized carbons (Fsp3) is 0.571. The summed E-state index contributed by atoms with van der Waals surface area (Å²) in [5.41, 5.74) is 4.94. The lowest BCUT2D eigenvalue weighted by Gasteiger charge is -2.24. The third-order valence-corrected chi connectivity index (χ3v) is 1.61. The smallest absolute Gasteiger partial charge is 0.237 e. The van der Waals surface area contributed by atoms with E-state index in [1.807, 2.05) is 0 Å². The summed E-state index contributed by atoms with van der Waals surface area (Å²) >= 11 is 0. The molecule has 0 unspecified atom stereocenters. The molecule has 0 aromatic heterocycles. The minimum atomic E-state index is -0.450. The summed E-state index contributed by atoms with van der Waals surface area (Å²) in [6.45, 7) is 0.702. The summed E-state index contributed by atoms with van der Waals surface area (Å²) in [4.78, 5) is 22.9. The Kier molecular flexibility index (Phi) is 2.46. The summed E-state index contributed by atoms with van der Waals surface area (Å²) in [7, 11) is 0. The molecule has 4 heteroatoms. The predicted octanol–water partition coefficient (Wildman–Crippen LogP) is -0.702. The van der Waals surface area contributed by atoms with Gasteiger partial charge in [0.2, 0.25) is 11.8 Å². The van der Waals surface area contributed by atoms with Crippen molar-refractivity contribution in [3.63, 3.8) is 0 Å². The zero-order valence-corrected chi connectivity index (χ0v) is 6.25. The molecule has 1 radical (unpaired) electrons. The van der Waals surface area contributed by atoms with Crippen LogP contribution in [0.2, 0.25) is 0 Å². The molecular weight excluding hydrogens is 144 g/mol. The first-order chi connectivity index (χ1) is 5.20. The van der Waals surface area contributed by atoms with Gasteiger partial charge in [-0.25, -0.2) is 0 Å². The van der Waals surface area contributed by atoms with Crippen molar-refractivity contribution in [2.45, 2.75) is 12.8 Å². The Labute approximate surface area is 65.3 Å². The third kappa shape index (κ3) is 2.22. The maximum Gasteiger partial charge on any atom is 0.237 e. The molecule has 0 bridgehead atoms. The van der Waals surface area contributed by atoms with E-state index in [1.54, 1.807) is 6.42 Å². The maximum absolute atomic E-state index is 11.0. The number of amides is 2. The largest absolute Gasteiger partial charge is 0.368 e. The standard InChI is InChI=1S/C7H11N2O2/c8-6(10)5-9-4-2-1-3-7(9)11/h3H,1-2,4-5H2,(H2,8,10). The lowest BCUT2D eigenvalue weighted by atomic mass is 10.1. The molecule has 0 aromatic rings. The highest BCUT2D eigenvalue weighted by Gasteiger charge is 2.19. The molecule has 2 amide bonds. The zero-order valence-electron chi connectivity index (χ0n) is 6.25. The highest BCUT2D eigenvalue weighted by Crippen LogP contribution is 2.08. The van der Waals surface area contributed by atoms with Gasteiger partial charge in [-0.2, -0.15) is 0 Å². The number of hydrogen-bond acceptors (Lipinski definition) is 2. The van der Waals surface area contributed by atoms with Crippen LogP contribution < -0.4 is 5.73 Å². The van der Waals surface area contributed by atoms with E-state index in [1.165, 1.54) is 4.90 Å². The fourth-order valence-corrected chi connectivity index (χ4v) is 1.09. The van der Waals surface area contributed by atoms with Crippen molar-refractivity contribution in [2.75, 3.05) is 13.1 Å². The van der Waals surface area contributed by atoms with Gasteiger partial charge in [0.15, 0.2) is 0 Å². The molecule has 0 aliphatic carbocycles. The van der Waals surface area contributed by atoms with Gasteiger partial charge in [0.05, 0.1) is 6.54 Å². The first-order valence-electron chi connectivity index (χ1n) is 3.60. The lowest BCUT2D eigenvalue weighted by Crippen LogP contribution is -2.41. The number of nitrogens with two attached hydrogens (primary N) is 1. The van der Waals surface area contributed by atoms with E-state index in [-0.39, 0.29) is 12.5 Å². The Hall–Kier alpha value is -1.06. The van der Waals surface area contributed by atoms with E-state index >= 15 is 0 Å². The average Bonchev–Trinajstić information content (AvgIpc) is 1.93. The predicted molar refractivity (Wildman–Crippen MR) is 39.3 cm³/mol. The van der Waals surface area contributed by atoms with Crippen molar-refractivity contribution < 1.29 is 9.59 Å². The Bertz CT molecular complexity index is 179. The van der Waals surface area contributed by atoms with E-state index in [0.717, 1.165) is 12.8 Å². The van der Waals surface area contributed by atoms with Crippen molar-refractivity contribution in [1.82, 2.24) is 4.90 Å². The minimum Gasteiger partial charge on any atom is -0.368 e. The normalized spacial score (nSPS) is 18.5. The van der Waals surface area contributed by atoms with E-state index in [9.17, 15) is 9.59 Å². The second kappa shape index (κ2) is 3.37. The van der Waals surface area contributed by atoms with Gasteiger partial charge < -0.3 is 10.6 Å². The number of carbonyl (C=O) groups is 2. The second-order valence-corrected chi connectivity index (χ2v) is 2.57. The Morgan fingerprint density at radius 2 is 2.45 bits per heavy atom. The molecule has 1 aliphatic rings. The van der Waals surface area contributed by atoms with Gasteiger partial charge in [-0.1, -0.05) is 0 Å². The summed E-state index contributed by atoms with van der Waals surface area (Å²) in [5.74, 6) is -0.524. The minimum absolute atomic E-state index is 0.0509. The van der Waals surface area contributed by atoms with Gasteiger partial charge in [0.1, 0.15) is 0 Å². The fourth-order valence-electron chi connectivity index (χ4n) is 1.09. The van der Waals surface area contributed by atoms with Gasteiger partial charge in [-0.15, -0.1) is 0 Å². The second-order valence-electron chi connectivity index (χ2n) is 2.57. The molecule has 1 aliphatic heterocycles. The molecule has 1 saturated heterocycles. The molecule has 0 atom stereocenters. The maximum atomic E-state index is 11.0. The first kappa shape index (κ1) is 8.04. The lowest BCUT2D eigenvalue weighted by molar-refractivity contribution is -0.133. The van der Waals surface area contributed by atoms with Gasteiger partial charge in [0.25, 0.3) is 0 Å². The third-order valence-electron chi connectivity index (χ3n) is 1.61. The van der Waals surface area contributed by atoms with Crippen LogP contribution >= 0.6 is 0 Å². The van der Waals surface area contributed by atoms with Crippen molar-refractivity contribution >= 4 is 11.8 Å². The van der Waals surface area contributed by atoms with Crippen molar-refractivity contribution in [2.24, 2.45) is 5.73 Å². The van der Waals surface area contributed by atoms with Crippen LogP contribution in [-0.4, -0.2) is 29.8 Å². The quantitative estimate of drug-likeness (QED) is 0.573. The van der Waals surface area contributed by atoms with Crippen LogP contribution in [0.5, 0.6) is 0 Å². The number of rotatable bonds is 2. The number of carbonyl (C=O) groups excluding carboxylic acids is 2. The van der Waals surface area contributed by atoms with Crippen molar-refractivity contribution in [3.8, 4) is 0 Å². The van der Waals surface area contributed by atoms with Gasteiger partial charge >= 0.3 is 0 Å². The van der Waals surface area contributed by atoms with E-state index in [4.69, 9.17) is 5.73 Å². The summed E-state index contributed by atoms with van der Waals surface area (Å²) < 4.78 is 0. The molecule has 11 heavy (non-hydrogen) atoms. The Morgan fingerprint density at radius 1 is 1.73 bits per heavy atom. The van der Waals surface area contributed by atoms with E-state index in [2.05, 4.69) is 0 Å². The number of likely N-dealkylation sites (tertiary alicyclic amines) is 1. The van der Waals surface area contributed by atoms with Gasteiger partial charge in [-0.05, 0) is 12.8 Å². The van der Waals surface area contributed by atoms with Gasteiger partial charge in [-0.3, -0.25) is 9.59 Å². The SMILES string of the molecule is NC(=O)CN1CCC[CH]C1=O. The number of piperidine rings is 1. The number of primary amides is 1. The van der Waals surface area contributed by atoms with Crippen LogP contribution in [0.3, 0.4) is 0 Å². The van der Waals surface area contributed by atoms with Crippen LogP contribution in [0.1, 0.15) is 12.8 Å². The molecule has 0 aromatic carbocycles. The average molecular weight is 155 g/mol. The summed E-state index contributed by atoms with van der Waals surface area (Å²) in [6.07, 6.45) is 3.33. The highest BCUT2D eigenvalue weighted by molar-refractivity contribution is 5.89. The van der Waals surface area contributed by atoms with Gasteiger partial charge in [0, 0.05) is 13.0 Å². The van der Waals surface area contributed by atoms with Crippen LogP contribution in [0.4, 0.5) is 0 Å². The number of hydrogen-bond donors (Lipinski definition) is 1. The zero-order chi connectivity index (χ0) is 8.27. The van der Waals surface area contributed by atoms with E-state index in [0.29, 0.717) is 6.54 Å². The van der Waals surface area contributed by atoms with Crippen LogP contribution in [0.25, 0.3) is 0 Å². The first-order valence-corrected chi connectivity index (χ1v) is 3.60. The van der Waals surface area contributed by atoms with Crippen molar-refractivity contribution in [3.05, 3.63) is 6.42 Å². The molecule has 0 saturated carbocycles. The molecular formula is C7H11N2O2. The van der Waals surface area contributed by atoms with E-state index < -0.39 is 5.91 Å². The van der Waals surface area contributed by atoms with Crippen LogP contribution in [0.15, 0.2) is 0 Å². The molecule has 0 spiro atoms.